The molecule has 0 saturated carbocycles. The van der Waals surface area contributed by atoms with Crippen LogP contribution in [0.5, 0.6) is 0 Å². The number of aromatic nitrogens is 1. The number of pyridine rings is 1. The number of rotatable bonds is 0. The normalized spacial score (nSPS) is 17.1. The maximum atomic E-state index is 6.17. The molecule has 2 N–H and O–H groups in total. The molecule has 0 saturated heterocycles. The third kappa shape index (κ3) is 1.27. The van der Waals surface area contributed by atoms with E-state index >= 15 is 0 Å². The Morgan fingerprint density at radius 2 is 2.06 bits per heavy atom. The minimum atomic E-state index is -0.205. The van der Waals surface area contributed by atoms with E-state index in [0.717, 1.165) is 22.4 Å². The Morgan fingerprint density at radius 3 is 2.88 bits per heavy atom. The highest BCUT2D eigenvalue weighted by molar-refractivity contribution is 6.36. The van der Waals surface area contributed by atoms with Crippen LogP contribution in [0.1, 0.15) is 17.2 Å². The summed E-state index contributed by atoms with van der Waals surface area (Å²) in [6, 6.07) is 7.22. The molecule has 16 heavy (non-hydrogen) atoms. The molecule has 0 spiro atoms. The van der Waals surface area contributed by atoms with Gasteiger partial charge in [-0.25, -0.2) is 0 Å². The number of hydrogen-bond acceptors (Lipinski definition) is 2. The van der Waals surface area contributed by atoms with Crippen LogP contribution in [-0.2, 0) is 0 Å². The van der Waals surface area contributed by atoms with Crippen LogP contribution in [0.3, 0.4) is 0 Å². The summed E-state index contributed by atoms with van der Waals surface area (Å²) in [5.41, 5.74) is 9.89. The van der Waals surface area contributed by atoms with Crippen LogP contribution in [0.4, 0.5) is 0 Å². The van der Waals surface area contributed by atoms with Gasteiger partial charge in [-0.15, -0.1) is 0 Å². The van der Waals surface area contributed by atoms with Crippen molar-refractivity contribution in [3.05, 3.63) is 51.6 Å². The highest BCUT2D eigenvalue weighted by Crippen LogP contribution is 2.45. The fourth-order valence-corrected chi connectivity index (χ4v) is 2.76. The second kappa shape index (κ2) is 3.45. The largest absolute Gasteiger partial charge is 0.320 e. The summed E-state index contributed by atoms with van der Waals surface area (Å²) >= 11 is 12.2. The predicted molar refractivity (Wildman–Crippen MR) is 65.7 cm³/mol. The third-order valence-electron chi connectivity index (χ3n) is 2.83. The van der Waals surface area contributed by atoms with E-state index in [1.807, 2.05) is 18.2 Å². The van der Waals surface area contributed by atoms with Gasteiger partial charge in [0.2, 0.25) is 0 Å². The number of benzene rings is 1. The van der Waals surface area contributed by atoms with E-state index < -0.39 is 0 Å². The van der Waals surface area contributed by atoms with Gasteiger partial charge in [-0.3, -0.25) is 4.98 Å². The predicted octanol–water partition coefficient (Wildman–Crippen LogP) is 3.42. The molecular formula is C12H8Cl2N2. The summed E-state index contributed by atoms with van der Waals surface area (Å²) in [4.78, 5) is 4.34. The monoisotopic (exact) mass is 250 g/mol. The number of nitrogens with zero attached hydrogens (tertiary/aromatic N) is 1. The molecule has 80 valence electrons. The zero-order chi connectivity index (χ0) is 11.3. The van der Waals surface area contributed by atoms with Gasteiger partial charge in [0.25, 0.3) is 0 Å². The molecule has 1 heterocycles. The van der Waals surface area contributed by atoms with Gasteiger partial charge in [0.15, 0.2) is 0 Å². The Balaban J connectivity index is 2.38. The van der Waals surface area contributed by atoms with Crippen molar-refractivity contribution in [1.82, 2.24) is 4.98 Å². The van der Waals surface area contributed by atoms with Crippen LogP contribution < -0.4 is 5.73 Å². The van der Waals surface area contributed by atoms with Crippen molar-refractivity contribution in [1.29, 1.82) is 0 Å². The van der Waals surface area contributed by atoms with Crippen molar-refractivity contribution in [3.8, 4) is 11.3 Å². The van der Waals surface area contributed by atoms with E-state index in [9.17, 15) is 0 Å². The van der Waals surface area contributed by atoms with Crippen LogP contribution >= 0.6 is 23.2 Å². The molecule has 0 bridgehead atoms. The van der Waals surface area contributed by atoms with Crippen LogP contribution in [-0.4, -0.2) is 4.98 Å². The molecule has 0 radical (unpaired) electrons. The smallest absolute Gasteiger partial charge is 0.0757 e. The maximum Gasteiger partial charge on any atom is 0.0757 e. The first kappa shape index (κ1) is 10.1. The Hall–Kier alpha value is -1.09. The highest BCUT2D eigenvalue weighted by Gasteiger charge is 2.29. The number of hydrogen-bond donors (Lipinski definition) is 1. The highest BCUT2D eigenvalue weighted by atomic mass is 35.5. The van der Waals surface area contributed by atoms with Gasteiger partial charge >= 0.3 is 0 Å². The van der Waals surface area contributed by atoms with E-state index in [4.69, 9.17) is 28.9 Å². The van der Waals surface area contributed by atoms with E-state index in [-0.39, 0.29) is 6.04 Å². The van der Waals surface area contributed by atoms with Crippen molar-refractivity contribution in [3.63, 3.8) is 0 Å². The summed E-state index contributed by atoms with van der Waals surface area (Å²) in [7, 11) is 0. The second-order valence-corrected chi connectivity index (χ2v) is 4.61. The third-order valence-corrected chi connectivity index (χ3v) is 3.37. The lowest BCUT2D eigenvalue weighted by atomic mass is 10.1. The SMILES string of the molecule is NC1c2cccnc2-c2cc(Cl)cc(Cl)c21. The fraction of sp³-hybridized carbons (Fsp3) is 0.0833. The van der Waals surface area contributed by atoms with E-state index in [1.165, 1.54) is 0 Å². The van der Waals surface area contributed by atoms with Crippen LogP contribution in [0.2, 0.25) is 10.0 Å². The zero-order valence-electron chi connectivity index (χ0n) is 8.24. The van der Waals surface area contributed by atoms with Crippen molar-refractivity contribution < 1.29 is 0 Å². The molecule has 1 atom stereocenters. The van der Waals surface area contributed by atoms with Gasteiger partial charge < -0.3 is 5.73 Å². The maximum absolute atomic E-state index is 6.17. The fourth-order valence-electron chi connectivity index (χ4n) is 2.15. The lowest BCUT2D eigenvalue weighted by molar-refractivity contribution is 0.898. The molecule has 2 aromatic rings. The molecule has 2 nitrogen and oxygen atoms in total. The van der Waals surface area contributed by atoms with Crippen LogP contribution in [0, 0.1) is 0 Å². The van der Waals surface area contributed by atoms with Gasteiger partial charge in [-0.05, 0) is 23.8 Å². The quantitative estimate of drug-likeness (QED) is 0.779. The van der Waals surface area contributed by atoms with Gasteiger partial charge in [-0.2, -0.15) is 0 Å². The van der Waals surface area contributed by atoms with Gasteiger partial charge in [0, 0.05) is 27.4 Å². The Bertz CT molecular complexity index is 581. The molecule has 0 fully saturated rings. The lowest BCUT2D eigenvalue weighted by Crippen LogP contribution is -2.08. The average Bonchev–Trinajstić information content (AvgIpc) is 2.54. The van der Waals surface area contributed by atoms with Gasteiger partial charge in [0.1, 0.15) is 0 Å². The summed E-state index contributed by atoms with van der Waals surface area (Å²) < 4.78 is 0. The molecule has 0 amide bonds. The molecule has 4 heteroatoms. The standard InChI is InChI=1S/C12H8Cl2N2/c13-6-4-8-10(9(14)5-6)11(15)7-2-1-3-16-12(7)8/h1-5,11H,15H2. The first-order valence-electron chi connectivity index (χ1n) is 4.88. The zero-order valence-corrected chi connectivity index (χ0v) is 9.76. The summed E-state index contributed by atoms with van der Waals surface area (Å²) in [6.45, 7) is 0. The second-order valence-electron chi connectivity index (χ2n) is 3.77. The van der Waals surface area contributed by atoms with Crippen molar-refractivity contribution in [2.45, 2.75) is 6.04 Å². The number of fused-ring (bicyclic) bond motifs is 3. The number of halogens is 2. The van der Waals surface area contributed by atoms with Crippen molar-refractivity contribution in [2.24, 2.45) is 5.73 Å². The average molecular weight is 251 g/mol. The van der Waals surface area contributed by atoms with Crippen molar-refractivity contribution >= 4 is 23.2 Å². The van der Waals surface area contributed by atoms with Crippen LogP contribution in [0.25, 0.3) is 11.3 Å². The number of nitrogens with two attached hydrogens (primary N) is 1. The molecule has 0 aliphatic heterocycles. The Kier molecular flexibility index (Phi) is 2.18. The van der Waals surface area contributed by atoms with E-state index in [0.29, 0.717) is 10.0 Å². The van der Waals surface area contributed by atoms with E-state index in [2.05, 4.69) is 4.98 Å². The summed E-state index contributed by atoms with van der Waals surface area (Å²) in [6.07, 6.45) is 1.75. The molecule has 1 aliphatic rings. The molecule has 1 aliphatic carbocycles. The topological polar surface area (TPSA) is 38.9 Å². The van der Waals surface area contributed by atoms with Crippen LogP contribution in [0.15, 0.2) is 30.5 Å². The van der Waals surface area contributed by atoms with Gasteiger partial charge in [0.05, 0.1) is 11.7 Å². The minimum absolute atomic E-state index is 0.205. The molecule has 3 rings (SSSR count). The van der Waals surface area contributed by atoms with Gasteiger partial charge in [-0.1, -0.05) is 29.3 Å². The molecular weight excluding hydrogens is 243 g/mol. The van der Waals surface area contributed by atoms with E-state index in [1.54, 1.807) is 12.3 Å². The van der Waals surface area contributed by atoms with Crippen molar-refractivity contribution in [2.75, 3.05) is 0 Å². The first-order chi connectivity index (χ1) is 7.68. The summed E-state index contributed by atoms with van der Waals surface area (Å²) in [5, 5.41) is 1.21. The first-order valence-corrected chi connectivity index (χ1v) is 5.64. The Labute approximate surface area is 103 Å². The molecule has 1 unspecified atom stereocenters. The summed E-state index contributed by atoms with van der Waals surface area (Å²) in [5.74, 6) is 0. The lowest BCUT2D eigenvalue weighted by Gasteiger charge is -2.08. The minimum Gasteiger partial charge on any atom is -0.320 e. The molecule has 1 aromatic carbocycles. The molecule has 1 aromatic heterocycles. The Morgan fingerprint density at radius 1 is 1.25 bits per heavy atom.